The van der Waals surface area contributed by atoms with E-state index in [0.29, 0.717) is 28.7 Å². The molecule has 0 bridgehead atoms. The Morgan fingerprint density at radius 3 is 2.84 bits per heavy atom. The highest BCUT2D eigenvalue weighted by molar-refractivity contribution is 6.42. The third-order valence-corrected chi connectivity index (χ3v) is 4.12. The van der Waals surface area contributed by atoms with Crippen LogP contribution in [0.25, 0.3) is 0 Å². The van der Waals surface area contributed by atoms with Crippen LogP contribution in [0.3, 0.4) is 0 Å². The number of carbonyl (C=O) groups is 1. The zero-order valence-corrected chi connectivity index (χ0v) is 11.6. The Morgan fingerprint density at radius 2 is 2.05 bits per heavy atom. The van der Waals surface area contributed by atoms with Crippen molar-refractivity contribution in [1.29, 1.82) is 0 Å². The molecular weight excluding hydrogens is 283 g/mol. The second kappa shape index (κ2) is 4.91. The van der Waals surface area contributed by atoms with Gasteiger partial charge in [-0.2, -0.15) is 0 Å². The number of rotatable bonds is 1. The van der Waals surface area contributed by atoms with Crippen molar-refractivity contribution in [2.45, 2.75) is 13.0 Å². The average Bonchev–Trinajstić information content (AvgIpc) is 2.88. The van der Waals surface area contributed by atoms with E-state index in [-0.39, 0.29) is 5.91 Å². The number of aromatic amines is 1. The Bertz CT molecular complexity index is 636. The number of benzene rings is 1. The van der Waals surface area contributed by atoms with Crippen LogP contribution in [-0.4, -0.2) is 22.3 Å². The van der Waals surface area contributed by atoms with Crippen LogP contribution >= 0.6 is 23.2 Å². The standard InChI is InChI=1S/C14H12Cl2N2O/c15-11-2-1-9(7-12(11)16)14(19)18-6-4-13-10(8-18)3-5-17-13/h1-3,5,7,17H,4,6,8H2. The van der Waals surface area contributed by atoms with Gasteiger partial charge in [0.2, 0.25) is 0 Å². The van der Waals surface area contributed by atoms with Crippen molar-refractivity contribution in [3.63, 3.8) is 0 Å². The summed E-state index contributed by atoms with van der Waals surface area (Å²) in [5.41, 5.74) is 2.98. The summed E-state index contributed by atoms with van der Waals surface area (Å²) >= 11 is 11.8. The van der Waals surface area contributed by atoms with Crippen molar-refractivity contribution in [2.75, 3.05) is 6.54 Å². The fourth-order valence-corrected chi connectivity index (χ4v) is 2.63. The Kier molecular flexibility index (Phi) is 3.25. The summed E-state index contributed by atoms with van der Waals surface area (Å²) in [6, 6.07) is 7.01. The molecule has 1 aliphatic rings. The molecule has 0 aliphatic carbocycles. The summed E-state index contributed by atoms with van der Waals surface area (Å²) < 4.78 is 0. The number of nitrogens with zero attached hydrogens (tertiary/aromatic N) is 1. The normalized spacial score (nSPS) is 14.3. The second-order valence-electron chi connectivity index (χ2n) is 4.59. The largest absolute Gasteiger partial charge is 0.365 e. The molecule has 0 saturated heterocycles. The molecule has 1 aromatic heterocycles. The SMILES string of the molecule is O=C(c1ccc(Cl)c(Cl)c1)N1CCc2[nH]ccc2C1. The molecule has 2 heterocycles. The number of halogens is 2. The number of fused-ring (bicyclic) bond motifs is 1. The lowest BCUT2D eigenvalue weighted by molar-refractivity contribution is 0.0734. The molecule has 0 atom stereocenters. The predicted molar refractivity (Wildman–Crippen MR) is 75.7 cm³/mol. The lowest BCUT2D eigenvalue weighted by Crippen LogP contribution is -2.35. The van der Waals surface area contributed by atoms with Crippen molar-refractivity contribution in [1.82, 2.24) is 9.88 Å². The molecular formula is C14H12Cl2N2O. The van der Waals surface area contributed by atoms with Crippen LogP contribution in [0.1, 0.15) is 21.6 Å². The van der Waals surface area contributed by atoms with Gasteiger partial charge in [0.1, 0.15) is 0 Å². The minimum Gasteiger partial charge on any atom is -0.365 e. The molecule has 1 aromatic carbocycles. The highest BCUT2D eigenvalue weighted by atomic mass is 35.5. The van der Waals surface area contributed by atoms with Gasteiger partial charge in [0.05, 0.1) is 10.0 Å². The lowest BCUT2D eigenvalue weighted by atomic mass is 10.1. The molecule has 3 rings (SSSR count). The van der Waals surface area contributed by atoms with E-state index in [9.17, 15) is 4.79 Å². The molecule has 3 nitrogen and oxygen atoms in total. The summed E-state index contributed by atoms with van der Waals surface area (Å²) in [7, 11) is 0. The van der Waals surface area contributed by atoms with Crippen LogP contribution in [0, 0.1) is 0 Å². The number of aromatic nitrogens is 1. The zero-order valence-electron chi connectivity index (χ0n) is 10.1. The molecule has 0 radical (unpaired) electrons. The Hall–Kier alpha value is -1.45. The zero-order chi connectivity index (χ0) is 13.4. The van der Waals surface area contributed by atoms with Gasteiger partial charge in [0.15, 0.2) is 0 Å². The number of H-pyrrole nitrogens is 1. The van der Waals surface area contributed by atoms with Gasteiger partial charge in [0, 0.05) is 37.0 Å². The smallest absolute Gasteiger partial charge is 0.254 e. The number of nitrogens with one attached hydrogen (secondary N) is 1. The predicted octanol–water partition coefficient (Wildman–Crippen LogP) is 3.52. The van der Waals surface area contributed by atoms with Crippen LogP contribution in [0.2, 0.25) is 10.0 Å². The second-order valence-corrected chi connectivity index (χ2v) is 5.40. The molecule has 5 heteroatoms. The van der Waals surface area contributed by atoms with Gasteiger partial charge in [-0.1, -0.05) is 23.2 Å². The number of hydrogen-bond donors (Lipinski definition) is 1. The average molecular weight is 295 g/mol. The maximum Gasteiger partial charge on any atom is 0.254 e. The van der Waals surface area contributed by atoms with Crippen LogP contribution in [0.15, 0.2) is 30.5 Å². The van der Waals surface area contributed by atoms with Crippen molar-refractivity contribution in [3.05, 3.63) is 57.3 Å². The van der Waals surface area contributed by atoms with E-state index in [1.165, 1.54) is 11.3 Å². The Balaban J connectivity index is 1.83. The van der Waals surface area contributed by atoms with Gasteiger partial charge >= 0.3 is 0 Å². The van der Waals surface area contributed by atoms with E-state index in [4.69, 9.17) is 23.2 Å². The summed E-state index contributed by atoms with van der Waals surface area (Å²) in [6.45, 7) is 1.35. The lowest BCUT2D eigenvalue weighted by Gasteiger charge is -2.27. The Labute approximate surface area is 121 Å². The highest BCUT2D eigenvalue weighted by Crippen LogP contribution is 2.25. The van der Waals surface area contributed by atoms with Gasteiger partial charge in [-0.05, 0) is 29.8 Å². The van der Waals surface area contributed by atoms with E-state index in [1.54, 1.807) is 18.2 Å². The quantitative estimate of drug-likeness (QED) is 0.858. The summed E-state index contributed by atoms with van der Waals surface area (Å²) in [5, 5.41) is 0.872. The van der Waals surface area contributed by atoms with Crippen LogP contribution < -0.4 is 0 Å². The van der Waals surface area contributed by atoms with E-state index in [1.807, 2.05) is 17.2 Å². The molecule has 1 N–H and O–H groups in total. The van der Waals surface area contributed by atoms with Gasteiger partial charge in [0.25, 0.3) is 5.91 Å². The van der Waals surface area contributed by atoms with Crippen molar-refractivity contribution in [2.24, 2.45) is 0 Å². The monoisotopic (exact) mass is 294 g/mol. The molecule has 1 amide bonds. The molecule has 1 aliphatic heterocycles. The van der Waals surface area contributed by atoms with Gasteiger partial charge in [-0.15, -0.1) is 0 Å². The number of amides is 1. The molecule has 0 spiro atoms. The third kappa shape index (κ3) is 2.36. The van der Waals surface area contributed by atoms with E-state index >= 15 is 0 Å². The van der Waals surface area contributed by atoms with E-state index in [2.05, 4.69) is 4.98 Å². The number of hydrogen-bond acceptors (Lipinski definition) is 1. The van der Waals surface area contributed by atoms with Crippen molar-refractivity contribution < 1.29 is 4.79 Å². The molecule has 19 heavy (non-hydrogen) atoms. The summed E-state index contributed by atoms with van der Waals surface area (Å²) in [6.07, 6.45) is 2.77. The first kappa shape index (κ1) is 12.6. The maximum absolute atomic E-state index is 12.4. The molecule has 0 saturated carbocycles. The van der Waals surface area contributed by atoms with Crippen molar-refractivity contribution >= 4 is 29.1 Å². The topological polar surface area (TPSA) is 36.1 Å². The van der Waals surface area contributed by atoms with Crippen LogP contribution in [0.4, 0.5) is 0 Å². The molecule has 98 valence electrons. The first-order chi connectivity index (χ1) is 9.15. The minimum absolute atomic E-state index is 0.00887. The van der Waals surface area contributed by atoms with Crippen LogP contribution in [0.5, 0.6) is 0 Å². The first-order valence-electron chi connectivity index (χ1n) is 6.04. The van der Waals surface area contributed by atoms with Crippen molar-refractivity contribution in [3.8, 4) is 0 Å². The van der Waals surface area contributed by atoms with Gasteiger partial charge < -0.3 is 9.88 Å². The summed E-state index contributed by atoms with van der Waals surface area (Å²) in [4.78, 5) is 17.4. The minimum atomic E-state index is -0.00887. The summed E-state index contributed by atoms with van der Waals surface area (Å²) in [5.74, 6) is -0.00887. The fourth-order valence-electron chi connectivity index (χ4n) is 2.33. The van der Waals surface area contributed by atoms with Gasteiger partial charge in [-0.3, -0.25) is 4.79 Å². The fraction of sp³-hybridized carbons (Fsp3) is 0.214. The molecule has 0 fully saturated rings. The Morgan fingerprint density at radius 1 is 1.21 bits per heavy atom. The molecule has 0 unspecified atom stereocenters. The first-order valence-corrected chi connectivity index (χ1v) is 6.80. The van der Waals surface area contributed by atoms with E-state index in [0.717, 1.165) is 6.42 Å². The van der Waals surface area contributed by atoms with E-state index < -0.39 is 0 Å². The van der Waals surface area contributed by atoms with Crippen LogP contribution in [-0.2, 0) is 13.0 Å². The highest BCUT2D eigenvalue weighted by Gasteiger charge is 2.22. The number of carbonyl (C=O) groups excluding carboxylic acids is 1. The third-order valence-electron chi connectivity index (χ3n) is 3.38. The maximum atomic E-state index is 12.4. The molecule has 2 aromatic rings. The van der Waals surface area contributed by atoms with Gasteiger partial charge in [-0.25, -0.2) is 0 Å².